The van der Waals surface area contributed by atoms with Crippen molar-refractivity contribution in [2.24, 2.45) is 0 Å². The maximum atomic E-state index is 13.3. The molecule has 0 saturated carbocycles. The normalized spacial score (nSPS) is 10.6. The van der Waals surface area contributed by atoms with Crippen LogP contribution in [0.3, 0.4) is 0 Å². The molecule has 5 nitrogen and oxygen atoms in total. The molecular weight excluding hydrogens is 306 g/mol. The molecule has 0 bridgehead atoms. The Kier molecular flexibility index (Phi) is 4.15. The molecule has 0 spiro atoms. The molecule has 0 saturated heterocycles. The first-order chi connectivity index (χ1) is 9.43. The van der Waals surface area contributed by atoms with Gasteiger partial charge in [-0.2, -0.15) is 5.10 Å². The number of amides is 1. The Balaban J connectivity index is 2.30. The van der Waals surface area contributed by atoms with Crippen LogP contribution in [0.2, 0.25) is 10.0 Å². The molecule has 0 unspecified atom stereocenters. The third kappa shape index (κ3) is 2.71. The minimum atomic E-state index is -0.732. The Morgan fingerprint density at radius 3 is 2.60 bits per heavy atom. The van der Waals surface area contributed by atoms with E-state index in [1.165, 1.54) is 23.0 Å². The van der Waals surface area contributed by atoms with Gasteiger partial charge in [0.05, 0.1) is 21.9 Å². The van der Waals surface area contributed by atoms with E-state index >= 15 is 0 Å². The highest BCUT2D eigenvalue weighted by Crippen LogP contribution is 2.27. The molecule has 8 heteroatoms. The van der Waals surface area contributed by atoms with Gasteiger partial charge in [-0.15, -0.1) is 0 Å². The van der Waals surface area contributed by atoms with Gasteiger partial charge in [-0.25, -0.2) is 4.39 Å². The Bertz CT molecular complexity index is 648. The highest BCUT2D eigenvalue weighted by atomic mass is 35.5. The second kappa shape index (κ2) is 5.68. The average molecular weight is 317 g/mol. The number of hydrogen-bond acceptors (Lipinski definition) is 3. The number of aryl methyl sites for hydroxylation is 1. The molecule has 0 aliphatic carbocycles. The van der Waals surface area contributed by atoms with Gasteiger partial charge in [0.2, 0.25) is 0 Å². The number of nitrogens with one attached hydrogen (secondary N) is 1. The molecular formula is C12H11Cl2FN4O. The van der Waals surface area contributed by atoms with Crippen molar-refractivity contribution in [2.45, 2.75) is 13.5 Å². The lowest BCUT2D eigenvalue weighted by molar-refractivity contribution is 0.101. The van der Waals surface area contributed by atoms with Gasteiger partial charge in [-0.1, -0.05) is 23.2 Å². The van der Waals surface area contributed by atoms with Gasteiger partial charge in [0, 0.05) is 12.2 Å². The number of carbonyl (C=O) groups excluding carboxylic acids is 1. The van der Waals surface area contributed by atoms with E-state index < -0.39 is 11.7 Å². The Labute approximate surface area is 124 Å². The molecule has 2 aromatic rings. The molecule has 1 aromatic heterocycles. The maximum absolute atomic E-state index is 13.3. The zero-order valence-electron chi connectivity index (χ0n) is 10.5. The summed E-state index contributed by atoms with van der Waals surface area (Å²) < 4.78 is 14.7. The van der Waals surface area contributed by atoms with E-state index in [0.29, 0.717) is 6.54 Å². The quantitative estimate of drug-likeness (QED) is 0.854. The average Bonchev–Trinajstić information content (AvgIpc) is 2.77. The van der Waals surface area contributed by atoms with E-state index in [-0.39, 0.29) is 27.1 Å². The number of halogens is 3. The van der Waals surface area contributed by atoms with Crippen molar-refractivity contribution in [2.75, 3.05) is 11.1 Å². The standard InChI is InChI=1S/C12H11Cl2FN4O/c1-2-19-11(9(16)5-17-19)12(20)18-6-3-7(13)10(15)8(14)4-6/h3-5H,2,16H2,1H3,(H,18,20). The number of nitrogens with zero attached hydrogens (tertiary/aromatic N) is 2. The third-order valence-electron chi connectivity index (χ3n) is 2.62. The summed E-state index contributed by atoms with van der Waals surface area (Å²) in [6, 6.07) is 2.53. The largest absolute Gasteiger partial charge is 0.396 e. The van der Waals surface area contributed by atoms with E-state index in [2.05, 4.69) is 10.4 Å². The summed E-state index contributed by atoms with van der Waals surface area (Å²) in [4.78, 5) is 12.2. The predicted molar refractivity (Wildman–Crippen MR) is 76.7 cm³/mol. The van der Waals surface area contributed by atoms with Crippen LogP contribution in [0.15, 0.2) is 18.3 Å². The van der Waals surface area contributed by atoms with Crippen LogP contribution >= 0.6 is 23.2 Å². The molecule has 0 radical (unpaired) electrons. The Hall–Kier alpha value is -1.79. The molecule has 3 N–H and O–H groups in total. The molecule has 0 atom stereocenters. The van der Waals surface area contributed by atoms with Gasteiger partial charge in [0.1, 0.15) is 5.69 Å². The van der Waals surface area contributed by atoms with E-state index in [1.807, 2.05) is 6.92 Å². The van der Waals surface area contributed by atoms with Crippen LogP contribution in [0, 0.1) is 5.82 Å². The van der Waals surface area contributed by atoms with Gasteiger partial charge in [-0.05, 0) is 19.1 Å². The number of carbonyl (C=O) groups is 1. The highest BCUT2D eigenvalue weighted by Gasteiger charge is 2.17. The van der Waals surface area contributed by atoms with E-state index in [1.54, 1.807) is 0 Å². The predicted octanol–water partition coefficient (Wildman–Crippen LogP) is 3.18. The van der Waals surface area contributed by atoms with Crippen molar-refractivity contribution in [1.82, 2.24) is 9.78 Å². The van der Waals surface area contributed by atoms with E-state index in [9.17, 15) is 9.18 Å². The van der Waals surface area contributed by atoms with Crippen molar-refractivity contribution < 1.29 is 9.18 Å². The van der Waals surface area contributed by atoms with Gasteiger partial charge >= 0.3 is 0 Å². The third-order valence-corrected chi connectivity index (χ3v) is 3.17. The maximum Gasteiger partial charge on any atom is 0.276 e. The van der Waals surface area contributed by atoms with Gasteiger partial charge in [0.15, 0.2) is 5.82 Å². The fourth-order valence-corrected chi connectivity index (χ4v) is 2.19. The smallest absolute Gasteiger partial charge is 0.276 e. The van der Waals surface area contributed by atoms with Gasteiger partial charge in [0.25, 0.3) is 5.91 Å². The molecule has 0 fully saturated rings. The molecule has 1 heterocycles. The fourth-order valence-electron chi connectivity index (χ4n) is 1.71. The summed E-state index contributed by atoms with van der Waals surface area (Å²) in [6.07, 6.45) is 1.39. The number of nitrogen functional groups attached to an aromatic ring is 1. The van der Waals surface area contributed by atoms with Crippen LogP contribution in [0.1, 0.15) is 17.4 Å². The molecule has 106 valence electrons. The van der Waals surface area contributed by atoms with E-state index in [0.717, 1.165) is 0 Å². The zero-order chi connectivity index (χ0) is 14.9. The molecule has 1 aromatic carbocycles. The molecule has 0 aliphatic rings. The van der Waals surface area contributed by atoms with Gasteiger partial charge in [-0.3, -0.25) is 9.48 Å². The number of benzene rings is 1. The number of aromatic nitrogens is 2. The number of hydrogen-bond donors (Lipinski definition) is 2. The first-order valence-corrected chi connectivity index (χ1v) is 6.46. The summed E-state index contributed by atoms with van der Waals surface area (Å²) >= 11 is 11.3. The fraction of sp³-hybridized carbons (Fsp3) is 0.167. The van der Waals surface area contributed by atoms with Crippen LogP contribution in [-0.2, 0) is 6.54 Å². The summed E-state index contributed by atoms with van der Waals surface area (Å²) in [5, 5.41) is 6.17. The lowest BCUT2D eigenvalue weighted by Crippen LogP contribution is -2.18. The summed E-state index contributed by atoms with van der Waals surface area (Å²) in [5.41, 5.74) is 6.45. The molecule has 1 amide bonds. The lowest BCUT2D eigenvalue weighted by atomic mass is 10.2. The lowest BCUT2D eigenvalue weighted by Gasteiger charge is -2.09. The summed E-state index contributed by atoms with van der Waals surface area (Å²) in [5.74, 6) is -1.20. The van der Waals surface area contributed by atoms with Crippen LogP contribution in [0.5, 0.6) is 0 Å². The van der Waals surface area contributed by atoms with Crippen molar-refractivity contribution in [1.29, 1.82) is 0 Å². The number of anilines is 2. The topological polar surface area (TPSA) is 72.9 Å². The number of nitrogens with two attached hydrogens (primary N) is 1. The van der Waals surface area contributed by atoms with Crippen LogP contribution in [-0.4, -0.2) is 15.7 Å². The minimum Gasteiger partial charge on any atom is -0.396 e. The Morgan fingerprint density at radius 1 is 1.45 bits per heavy atom. The van der Waals surface area contributed by atoms with Crippen molar-refractivity contribution in [3.63, 3.8) is 0 Å². The monoisotopic (exact) mass is 316 g/mol. The van der Waals surface area contributed by atoms with Crippen LogP contribution < -0.4 is 11.1 Å². The first kappa shape index (κ1) is 14.6. The van der Waals surface area contributed by atoms with E-state index in [4.69, 9.17) is 28.9 Å². The zero-order valence-corrected chi connectivity index (χ0v) is 12.0. The first-order valence-electron chi connectivity index (χ1n) is 5.71. The second-order valence-corrected chi connectivity index (χ2v) is 4.79. The SMILES string of the molecule is CCn1ncc(N)c1C(=O)Nc1cc(Cl)c(F)c(Cl)c1. The molecule has 0 aliphatic heterocycles. The summed E-state index contributed by atoms with van der Waals surface area (Å²) in [6.45, 7) is 2.32. The second-order valence-electron chi connectivity index (χ2n) is 3.97. The molecule has 20 heavy (non-hydrogen) atoms. The van der Waals surface area contributed by atoms with Crippen LogP contribution in [0.25, 0.3) is 0 Å². The van der Waals surface area contributed by atoms with Crippen molar-refractivity contribution >= 4 is 40.5 Å². The molecule has 2 rings (SSSR count). The van der Waals surface area contributed by atoms with Gasteiger partial charge < -0.3 is 11.1 Å². The van der Waals surface area contributed by atoms with Crippen molar-refractivity contribution in [3.8, 4) is 0 Å². The van der Waals surface area contributed by atoms with Crippen molar-refractivity contribution in [3.05, 3.63) is 39.9 Å². The summed E-state index contributed by atoms with van der Waals surface area (Å²) in [7, 11) is 0. The highest BCUT2D eigenvalue weighted by molar-refractivity contribution is 6.35. The Morgan fingerprint density at radius 2 is 2.05 bits per heavy atom. The van der Waals surface area contributed by atoms with Crippen LogP contribution in [0.4, 0.5) is 15.8 Å². The minimum absolute atomic E-state index is 0.176. The number of rotatable bonds is 3.